The molecule has 2 N–H and O–H groups in total. The quantitative estimate of drug-likeness (QED) is 0.664. The van der Waals surface area contributed by atoms with E-state index in [1.54, 1.807) is 12.1 Å². The normalized spacial score (nSPS) is 15.7. The fourth-order valence-electron chi connectivity index (χ4n) is 3.54. The maximum Gasteiger partial charge on any atom is 0.251 e. The number of rotatable bonds is 9. The second-order valence-corrected chi connectivity index (χ2v) is 8.92. The Kier molecular flexibility index (Phi) is 7.88. The summed E-state index contributed by atoms with van der Waals surface area (Å²) in [5.74, 6) is 0.680. The summed E-state index contributed by atoms with van der Waals surface area (Å²) in [4.78, 5) is 14.8. The fraction of sp³-hybridized carbons (Fsp3) is 0.480. The average Bonchev–Trinajstić information content (AvgIpc) is 2.78. The fourth-order valence-corrected chi connectivity index (χ4v) is 3.54. The van der Waals surface area contributed by atoms with Gasteiger partial charge in [0.25, 0.3) is 5.91 Å². The Morgan fingerprint density at radius 1 is 1.10 bits per heavy atom. The van der Waals surface area contributed by atoms with Crippen molar-refractivity contribution in [3.05, 3.63) is 65.7 Å². The van der Waals surface area contributed by atoms with Crippen LogP contribution < -0.4 is 10.1 Å². The van der Waals surface area contributed by atoms with E-state index >= 15 is 0 Å². The van der Waals surface area contributed by atoms with Crippen LogP contribution in [0.3, 0.4) is 0 Å². The molecular formula is C25H34N2O3. The minimum atomic E-state index is -0.325. The lowest BCUT2D eigenvalue weighted by Crippen LogP contribution is -2.39. The first-order chi connectivity index (χ1) is 14.4. The van der Waals surface area contributed by atoms with Gasteiger partial charge in [0.2, 0.25) is 0 Å². The molecule has 0 spiro atoms. The molecule has 1 saturated heterocycles. The van der Waals surface area contributed by atoms with Crippen molar-refractivity contribution in [3.8, 4) is 5.75 Å². The molecule has 1 amide bonds. The molecule has 0 aliphatic carbocycles. The van der Waals surface area contributed by atoms with Gasteiger partial charge < -0.3 is 20.1 Å². The summed E-state index contributed by atoms with van der Waals surface area (Å²) >= 11 is 0. The van der Waals surface area contributed by atoms with Crippen molar-refractivity contribution < 1.29 is 14.6 Å². The van der Waals surface area contributed by atoms with E-state index in [0.29, 0.717) is 12.1 Å². The molecule has 1 aliphatic rings. The number of hydrogen-bond donors (Lipinski definition) is 2. The molecule has 0 unspecified atom stereocenters. The van der Waals surface area contributed by atoms with E-state index in [4.69, 9.17) is 4.74 Å². The second kappa shape index (κ2) is 10.6. The molecular weight excluding hydrogens is 376 g/mol. The minimum Gasteiger partial charge on any atom is -0.490 e. The molecule has 0 radical (unpaired) electrons. The van der Waals surface area contributed by atoms with Gasteiger partial charge in [-0.2, -0.15) is 0 Å². The van der Waals surface area contributed by atoms with Crippen molar-refractivity contribution in [1.29, 1.82) is 0 Å². The molecule has 0 saturated carbocycles. The highest BCUT2D eigenvalue weighted by Crippen LogP contribution is 2.20. The van der Waals surface area contributed by atoms with Crippen LogP contribution >= 0.6 is 0 Å². The molecule has 30 heavy (non-hydrogen) atoms. The maximum absolute atomic E-state index is 12.3. The first-order valence-electron chi connectivity index (χ1n) is 10.9. The summed E-state index contributed by atoms with van der Waals surface area (Å²) < 4.78 is 6.14. The van der Waals surface area contributed by atoms with Crippen LogP contribution in [-0.4, -0.2) is 54.8 Å². The largest absolute Gasteiger partial charge is 0.490 e. The molecule has 1 fully saturated rings. The van der Waals surface area contributed by atoms with E-state index in [0.717, 1.165) is 44.6 Å². The van der Waals surface area contributed by atoms with Crippen LogP contribution in [0.25, 0.3) is 0 Å². The SMILES string of the molecule is CC(C)(CO)CNC(=O)c1ccc(OC2CCN(CCc3ccccc3)CC2)cc1. The van der Waals surface area contributed by atoms with Gasteiger partial charge in [-0.15, -0.1) is 0 Å². The summed E-state index contributed by atoms with van der Waals surface area (Å²) in [7, 11) is 0. The molecule has 0 atom stereocenters. The number of nitrogens with one attached hydrogen (secondary N) is 1. The monoisotopic (exact) mass is 410 g/mol. The van der Waals surface area contributed by atoms with Gasteiger partial charge in [0.1, 0.15) is 11.9 Å². The summed E-state index contributed by atoms with van der Waals surface area (Å²) in [6, 6.07) is 18.0. The van der Waals surface area contributed by atoms with Gasteiger partial charge in [-0.1, -0.05) is 44.2 Å². The Morgan fingerprint density at radius 3 is 2.40 bits per heavy atom. The number of carbonyl (C=O) groups excluding carboxylic acids is 1. The molecule has 3 rings (SSSR count). The van der Waals surface area contributed by atoms with Crippen LogP contribution in [0.1, 0.15) is 42.6 Å². The number of likely N-dealkylation sites (tertiary alicyclic amines) is 1. The molecule has 2 aromatic carbocycles. The maximum atomic E-state index is 12.3. The number of ether oxygens (including phenoxy) is 1. The van der Waals surface area contributed by atoms with Crippen LogP contribution in [0.5, 0.6) is 5.75 Å². The molecule has 2 aromatic rings. The van der Waals surface area contributed by atoms with Crippen LogP contribution in [0.15, 0.2) is 54.6 Å². The number of carbonyl (C=O) groups is 1. The smallest absolute Gasteiger partial charge is 0.251 e. The van der Waals surface area contributed by atoms with Crippen molar-refractivity contribution in [1.82, 2.24) is 10.2 Å². The predicted octanol–water partition coefficient (Wildman–Crippen LogP) is 3.52. The third kappa shape index (κ3) is 6.85. The van der Waals surface area contributed by atoms with Gasteiger partial charge in [0, 0.05) is 43.8 Å². The zero-order chi connectivity index (χ0) is 21.4. The number of amides is 1. The zero-order valence-electron chi connectivity index (χ0n) is 18.1. The van der Waals surface area contributed by atoms with Crippen LogP contribution in [0.4, 0.5) is 0 Å². The van der Waals surface area contributed by atoms with Crippen molar-refractivity contribution in [2.75, 3.05) is 32.8 Å². The zero-order valence-corrected chi connectivity index (χ0v) is 18.1. The van der Waals surface area contributed by atoms with Crippen LogP contribution in [0.2, 0.25) is 0 Å². The van der Waals surface area contributed by atoms with E-state index in [2.05, 4.69) is 40.5 Å². The van der Waals surface area contributed by atoms with E-state index in [1.165, 1.54) is 5.56 Å². The Morgan fingerprint density at radius 2 is 1.77 bits per heavy atom. The van der Waals surface area contributed by atoms with E-state index in [1.807, 2.05) is 26.0 Å². The second-order valence-electron chi connectivity index (χ2n) is 8.92. The third-order valence-electron chi connectivity index (χ3n) is 5.67. The molecule has 0 aromatic heterocycles. The van der Waals surface area contributed by atoms with Crippen LogP contribution in [0, 0.1) is 5.41 Å². The van der Waals surface area contributed by atoms with E-state index in [9.17, 15) is 9.90 Å². The first kappa shape index (κ1) is 22.3. The lowest BCUT2D eigenvalue weighted by Gasteiger charge is -2.32. The topological polar surface area (TPSA) is 61.8 Å². The Hall–Kier alpha value is -2.37. The van der Waals surface area contributed by atoms with Crippen molar-refractivity contribution >= 4 is 5.91 Å². The standard InChI is InChI=1S/C25H34N2O3/c1-25(2,19-28)18-26-24(29)21-8-10-22(11-9-21)30-23-13-16-27(17-14-23)15-12-20-6-4-3-5-7-20/h3-11,23,28H,12-19H2,1-2H3,(H,26,29). The third-order valence-corrected chi connectivity index (χ3v) is 5.67. The summed E-state index contributed by atoms with van der Waals surface area (Å²) in [5, 5.41) is 12.2. The van der Waals surface area contributed by atoms with Gasteiger partial charge in [-0.3, -0.25) is 4.79 Å². The highest BCUT2D eigenvalue weighted by Gasteiger charge is 2.21. The van der Waals surface area contributed by atoms with Crippen molar-refractivity contribution in [2.24, 2.45) is 5.41 Å². The highest BCUT2D eigenvalue weighted by molar-refractivity contribution is 5.94. The van der Waals surface area contributed by atoms with E-state index in [-0.39, 0.29) is 24.0 Å². The predicted molar refractivity (Wildman–Crippen MR) is 120 cm³/mol. The van der Waals surface area contributed by atoms with Gasteiger partial charge >= 0.3 is 0 Å². The lowest BCUT2D eigenvalue weighted by atomic mass is 9.95. The molecule has 1 aliphatic heterocycles. The number of aliphatic hydroxyl groups is 1. The summed E-state index contributed by atoms with van der Waals surface area (Å²) in [6.07, 6.45) is 3.36. The molecule has 162 valence electrons. The minimum absolute atomic E-state index is 0.0329. The number of piperidine rings is 1. The Balaban J connectivity index is 1.40. The Bertz CT molecular complexity index is 782. The molecule has 0 bridgehead atoms. The first-order valence-corrected chi connectivity index (χ1v) is 10.9. The molecule has 5 nitrogen and oxygen atoms in total. The van der Waals surface area contributed by atoms with Gasteiger partial charge in [-0.05, 0) is 49.1 Å². The Labute approximate surface area is 180 Å². The van der Waals surface area contributed by atoms with Crippen LogP contribution in [-0.2, 0) is 6.42 Å². The highest BCUT2D eigenvalue weighted by atomic mass is 16.5. The molecule has 1 heterocycles. The van der Waals surface area contributed by atoms with Crippen molar-refractivity contribution in [2.45, 2.75) is 39.2 Å². The van der Waals surface area contributed by atoms with Gasteiger partial charge in [0.05, 0.1) is 0 Å². The number of hydrogen-bond acceptors (Lipinski definition) is 4. The summed E-state index contributed by atoms with van der Waals surface area (Å²) in [6.45, 7) is 7.49. The molecule has 5 heteroatoms. The summed E-state index contributed by atoms with van der Waals surface area (Å²) in [5.41, 5.74) is 1.67. The number of benzene rings is 2. The van der Waals surface area contributed by atoms with E-state index < -0.39 is 0 Å². The number of aliphatic hydroxyl groups excluding tert-OH is 1. The average molecular weight is 411 g/mol. The van der Waals surface area contributed by atoms with Gasteiger partial charge in [0.15, 0.2) is 0 Å². The van der Waals surface area contributed by atoms with Crippen molar-refractivity contribution in [3.63, 3.8) is 0 Å². The lowest BCUT2D eigenvalue weighted by molar-refractivity contribution is 0.0910. The number of nitrogens with zero attached hydrogens (tertiary/aromatic N) is 1. The van der Waals surface area contributed by atoms with Gasteiger partial charge in [-0.25, -0.2) is 0 Å².